The fraction of sp³-hybridized carbons (Fsp3) is 0.529. The molecule has 23 heavy (non-hydrogen) atoms. The number of hydrogen-bond donors (Lipinski definition) is 0. The van der Waals surface area contributed by atoms with Gasteiger partial charge in [0.05, 0.1) is 25.4 Å². The quantitative estimate of drug-likeness (QED) is 0.432. The minimum Gasteiger partial charge on any atom is -0.466 e. The number of carbonyl (C=O) groups is 2. The molecule has 4 bridgehead atoms. The van der Waals surface area contributed by atoms with E-state index in [1.165, 1.54) is 14.2 Å². The second-order valence-corrected chi connectivity index (χ2v) is 7.25. The zero-order chi connectivity index (χ0) is 16.8. The Morgan fingerprint density at radius 2 is 1.39 bits per heavy atom. The highest BCUT2D eigenvalue weighted by Gasteiger charge is 2.58. The maximum atomic E-state index is 12.5. The van der Waals surface area contributed by atoms with Crippen molar-refractivity contribution in [1.29, 1.82) is 0 Å². The van der Waals surface area contributed by atoms with Crippen molar-refractivity contribution in [1.82, 2.24) is 0 Å². The molecule has 0 amide bonds. The summed E-state index contributed by atoms with van der Waals surface area (Å²) in [6, 6.07) is 0. The first-order valence-corrected chi connectivity index (χ1v) is 8.38. The fourth-order valence-corrected chi connectivity index (χ4v) is 4.69. The first kappa shape index (κ1) is 16.6. The van der Waals surface area contributed by atoms with E-state index in [1.807, 2.05) is 0 Å². The van der Waals surface area contributed by atoms with E-state index in [-0.39, 0.29) is 11.1 Å². The Labute approximate surface area is 145 Å². The highest BCUT2D eigenvalue weighted by Crippen LogP contribution is 2.58. The predicted molar refractivity (Wildman–Crippen MR) is 87.5 cm³/mol. The van der Waals surface area contributed by atoms with Crippen LogP contribution in [0.15, 0.2) is 34.4 Å². The van der Waals surface area contributed by atoms with Gasteiger partial charge in [0.25, 0.3) is 0 Å². The van der Waals surface area contributed by atoms with E-state index >= 15 is 0 Å². The van der Waals surface area contributed by atoms with Gasteiger partial charge in [0.1, 0.15) is 9.75 Å². The molecule has 0 aromatic heterocycles. The zero-order valence-corrected chi connectivity index (χ0v) is 14.6. The number of esters is 2. The first-order chi connectivity index (χ1) is 10.9. The maximum Gasteiger partial charge on any atom is 0.336 e. The molecule has 4 aliphatic carbocycles. The standard InChI is InChI=1S/C17H18Cl2O4/c1-22-14(20)12-13(15(21)23-2)17(19)10-6-4-3-5-7-11(17)9-16(12,18)8-10/h8-9H,3-7H2,1-2H3. The molecule has 0 aliphatic heterocycles. The summed E-state index contributed by atoms with van der Waals surface area (Å²) >= 11 is 13.7. The van der Waals surface area contributed by atoms with Crippen LogP contribution in [0, 0.1) is 0 Å². The number of alkyl halides is 2. The number of methoxy groups -OCH3 is 2. The molecule has 0 unspecified atom stereocenters. The molecular weight excluding hydrogens is 339 g/mol. The van der Waals surface area contributed by atoms with Crippen LogP contribution in [0.2, 0.25) is 0 Å². The molecule has 1 saturated carbocycles. The molecular formula is C17H18Cl2O4. The largest absolute Gasteiger partial charge is 0.466 e. The van der Waals surface area contributed by atoms with Crippen LogP contribution in [-0.4, -0.2) is 35.9 Å². The third-order valence-corrected chi connectivity index (χ3v) is 5.88. The highest BCUT2D eigenvalue weighted by molar-refractivity contribution is 6.40. The summed E-state index contributed by atoms with van der Waals surface area (Å²) in [4.78, 5) is 22.5. The zero-order valence-electron chi connectivity index (χ0n) is 13.1. The molecule has 0 aromatic carbocycles. The minimum absolute atomic E-state index is 0.0663. The Kier molecular flexibility index (Phi) is 4.09. The van der Waals surface area contributed by atoms with E-state index in [4.69, 9.17) is 32.7 Å². The Morgan fingerprint density at radius 3 is 1.87 bits per heavy atom. The molecule has 0 aromatic rings. The van der Waals surface area contributed by atoms with Crippen molar-refractivity contribution in [2.75, 3.05) is 14.2 Å². The maximum absolute atomic E-state index is 12.5. The van der Waals surface area contributed by atoms with Crippen molar-refractivity contribution in [3.63, 3.8) is 0 Å². The topological polar surface area (TPSA) is 52.6 Å². The molecule has 6 heteroatoms. The number of halogens is 2. The molecule has 0 heterocycles. The van der Waals surface area contributed by atoms with Crippen LogP contribution in [-0.2, 0) is 19.1 Å². The summed E-state index contributed by atoms with van der Waals surface area (Å²) in [5, 5.41) is 0. The van der Waals surface area contributed by atoms with E-state index in [0.717, 1.165) is 43.3 Å². The number of allylic oxidation sites excluding steroid dienone is 4. The number of rotatable bonds is 2. The van der Waals surface area contributed by atoms with Gasteiger partial charge in [-0.25, -0.2) is 9.59 Å². The van der Waals surface area contributed by atoms with Gasteiger partial charge in [0.15, 0.2) is 0 Å². The van der Waals surface area contributed by atoms with Crippen LogP contribution in [0.25, 0.3) is 0 Å². The van der Waals surface area contributed by atoms with E-state index in [1.54, 1.807) is 12.2 Å². The van der Waals surface area contributed by atoms with E-state index in [9.17, 15) is 9.59 Å². The summed E-state index contributed by atoms with van der Waals surface area (Å²) in [6.07, 6.45) is 8.13. The Bertz CT molecular complexity index is 648. The van der Waals surface area contributed by atoms with E-state index in [0.29, 0.717) is 0 Å². The second-order valence-electron chi connectivity index (χ2n) is 6.06. The van der Waals surface area contributed by atoms with Crippen LogP contribution in [0.1, 0.15) is 32.1 Å². The molecule has 0 radical (unpaired) electrons. The van der Waals surface area contributed by atoms with Crippen molar-refractivity contribution < 1.29 is 19.1 Å². The lowest BCUT2D eigenvalue weighted by atomic mass is 9.64. The van der Waals surface area contributed by atoms with Gasteiger partial charge in [0, 0.05) is 0 Å². The summed E-state index contributed by atoms with van der Waals surface area (Å²) in [7, 11) is 2.53. The van der Waals surface area contributed by atoms with E-state index < -0.39 is 21.7 Å². The number of carbonyl (C=O) groups excluding carboxylic acids is 2. The van der Waals surface area contributed by atoms with Crippen molar-refractivity contribution in [2.45, 2.75) is 41.9 Å². The average Bonchev–Trinajstić information content (AvgIpc) is 2.53. The minimum atomic E-state index is -1.20. The Hall–Kier alpha value is -1.26. The average molecular weight is 357 g/mol. The summed E-state index contributed by atoms with van der Waals surface area (Å²) in [5.74, 6) is -1.30. The molecule has 4 aliphatic rings. The Balaban J connectivity index is 2.28. The van der Waals surface area contributed by atoms with Crippen LogP contribution < -0.4 is 0 Å². The lowest BCUT2D eigenvalue weighted by Gasteiger charge is -2.47. The van der Waals surface area contributed by atoms with Crippen LogP contribution in [0.3, 0.4) is 0 Å². The first-order valence-electron chi connectivity index (χ1n) is 7.62. The van der Waals surface area contributed by atoms with Gasteiger partial charge in [0.2, 0.25) is 0 Å². The van der Waals surface area contributed by atoms with Crippen LogP contribution in [0.4, 0.5) is 0 Å². The lowest BCUT2D eigenvalue weighted by Crippen LogP contribution is -2.49. The molecule has 0 N–H and O–H groups in total. The third kappa shape index (κ3) is 2.26. The predicted octanol–water partition coefficient (Wildman–Crippen LogP) is 3.43. The van der Waals surface area contributed by atoms with Gasteiger partial charge in [-0.15, -0.1) is 23.2 Å². The van der Waals surface area contributed by atoms with Gasteiger partial charge in [-0.05, 0) is 36.8 Å². The van der Waals surface area contributed by atoms with Gasteiger partial charge >= 0.3 is 11.9 Å². The van der Waals surface area contributed by atoms with E-state index in [2.05, 4.69) is 0 Å². The number of ether oxygens (including phenoxy) is 2. The summed E-state index contributed by atoms with van der Waals surface area (Å²) in [6.45, 7) is 0. The summed E-state index contributed by atoms with van der Waals surface area (Å²) < 4.78 is 9.76. The monoisotopic (exact) mass is 356 g/mol. The van der Waals surface area contributed by atoms with Crippen LogP contribution >= 0.6 is 23.2 Å². The molecule has 0 saturated heterocycles. The third-order valence-electron chi connectivity index (χ3n) is 4.80. The van der Waals surface area contributed by atoms with Gasteiger partial charge < -0.3 is 9.47 Å². The lowest BCUT2D eigenvalue weighted by molar-refractivity contribution is -0.140. The van der Waals surface area contributed by atoms with Gasteiger partial charge in [-0.3, -0.25) is 0 Å². The second kappa shape index (κ2) is 5.67. The molecule has 1 fully saturated rings. The molecule has 4 rings (SSSR count). The molecule has 124 valence electrons. The smallest absolute Gasteiger partial charge is 0.336 e. The van der Waals surface area contributed by atoms with Crippen molar-refractivity contribution in [2.24, 2.45) is 0 Å². The van der Waals surface area contributed by atoms with Crippen molar-refractivity contribution >= 4 is 35.1 Å². The molecule has 0 spiro atoms. The molecule has 0 atom stereocenters. The fourth-order valence-electron chi connectivity index (χ4n) is 3.79. The van der Waals surface area contributed by atoms with Gasteiger partial charge in [-0.2, -0.15) is 0 Å². The van der Waals surface area contributed by atoms with Gasteiger partial charge in [-0.1, -0.05) is 18.6 Å². The van der Waals surface area contributed by atoms with Crippen LogP contribution in [0.5, 0.6) is 0 Å². The van der Waals surface area contributed by atoms with Crippen molar-refractivity contribution in [3.05, 3.63) is 34.4 Å². The molecule has 4 nitrogen and oxygen atoms in total. The highest BCUT2D eigenvalue weighted by atomic mass is 35.5. The van der Waals surface area contributed by atoms with Crippen molar-refractivity contribution in [3.8, 4) is 0 Å². The number of hydrogen-bond acceptors (Lipinski definition) is 4. The summed E-state index contributed by atoms with van der Waals surface area (Å²) in [5.41, 5.74) is 1.93. The Morgan fingerprint density at radius 1 is 0.913 bits per heavy atom. The SMILES string of the molecule is COC(=O)C1=C(C(=O)OC)C2(Cl)C3=CC1(Cl)C=C2CCCCC3. The normalized spacial score (nSPS) is 32.5.